The average molecular weight is 230 g/mol. The third kappa shape index (κ3) is 2.59. The highest BCUT2D eigenvalue weighted by atomic mass is 16.4. The molecule has 0 bridgehead atoms. The van der Waals surface area contributed by atoms with Crippen molar-refractivity contribution < 1.29 is 9.52 Å². The average Bonchev–Trinajstić information content (AvgIpc) is 2.87. The van der Waals surface area contributed by atoms with E-state index in [0.717, 1.165) is 17.7 Å². The molecule has 0 aliphatic heterocycles. The van der Waals surface area contributed by atoms with Crippen molar-refractivity contribution in [2.75, 3.05) is 0 Å². The molecule has 2 heteroatoms. The maximum Gasteiger partial charge on any atom is 0.134 e. The van der Waals surface area contributed by atoms with E-state index in [1.54, 1.807) is 6.07 Å². The van der Waals surface area contributed by atoms with Crippen molar-refractivity contribution in [1.29, 1.82) is 0 Å². The Morgan fingerprint density at radius 1 is 1.12 bits per heavy atom. The molecule has 1 unspecified atom stereocenters. The number of hydrogen-bond donors (Lipinski definition) is 1. The van der Waals surface area contributed by atoms with Gasteiger partial charge in [-0.3, -0.25) is 0 Å². The largest absolute Gasteiger partial charge is 0.459 e. The normalized spacial score (nSPS) is 12.6. The smallest absolute Gasteiger partial charge is 0.134 e. The topological polar surface area (TPSA) is 33.4 Å². The maximum atomic E-state index is 8.95. The van der Waals surface area contributed by atoms with Crippen molar-refractivity contribution in [2.45, 2.75) is 32.8 Å². The number of aliphatic hydroxyl groups is 1. The standard InChI is InChI=1S/C15H18O2/c1-3-11(2)12-4-6-13(7-5-12)15-9-8-14(10-16)17-15/h4-9,11,16H,3,10H2,1-2H3. The Bertz CT molecular complexity index is 468. The second kappa shape index (κ2) is 5.19. The van der Waals surface area contributed by atoms with Gasteiger partial charge in [-0.15, -0.1) is 0 Å². The third-order valence-corrected chi connectivity index (χ3v) is 3.19. The van der Waals surface area contributed by atoms with Gasteiger partial charge in [0.25, 0.3) is 0 Å². The monoisotopic (exact) mass is 230 g/mol. The molecule has 17 heavy (non-hydrogen) atoms. The molecular weight excluding hydrogens is 212 g/mol. The van der Waals surface area contributed by atoms with E-state index in [2.05, 4.69) is 38.1 Å². The van der Waals surface area contributed by atoms with Gasteiger partial charge in [0.1, 0.15) is 18.1 Å². The molecule has 0 fully saturated rings. The molecule has 2 nitrogen and oxygen atoms in total. The second-order valence-corrected chi connectivity index (χ2v) is 4.36. The number of benzene rings is 1. The van der Waals surface area contributed by atoms with Crippen LogP contribution in [-0.4, -0.2) is 5.11 Å². The molecule has 2 aromatic rings. The fourth-order valence-corrected chi connectivity index (χ4v) is 1.83. The molecule has 1 heterocycles. The minimum absolute atomic E-state index is 0.0506. The van der Waals surface area contributed by atoms with E-state index >= 15 is 0 Å². The molecule has 1 atom stereocenters. The van der Waals surface area contributed by atoms with Crippen LogP contribution in [0.2, 0.25) is 0 Å². The van der Waals surface area contributed by atoms with Crippen LogP contribution in [-0.2, 0) is 6.61 Å². The SMILES string of the molecule is CCC(C)c1ccc(-c2ccc(CO)o2)cc1. The maximum absolute atomic E-state index is 8.95. The Hall–Kier alpha value is -1.54. The summed E-state index contributed by atoms with van der Waals surface area (Å²) in [5.41, 5.74) is 2.40. The number of hydrogen-bond acceptors (Lipinski definition) is 2. The Kier molecular flexibility index (Phi) is 3.64. The summed E-state index contributed by atoms with van der Waals surface area (Å²) in [5.74, 6) is 2.00. The zero-order chi connectivity index (χ0) is 12.3. The van der Waals surface area contributed by atoms with E-state index in [1.165, 1.54) is 5.56 Å². The van der Waals surface area contributed by atoms with Gasteiger partial charge in [0, 0.05) is 5.56 Å². The van der Waals surface area contributed by atoms with Gasteiger partial charge in [-0.1, -0.05) is 38.1 Å². The Morgan fingerprint density at radius 2 is 1.82 bits per heavy atom. The van der Waals surface area contributed by atoms with Gasteiger partial charge in [-0.2, -0.15) is 0 Å². The van der Waals surface area contributed by atoms with Crippen LogP contribution in [0.1, 0.15) is 37.5 Å². The second-order valence-electron chi connectivity index (χ2n) is 4.36. The molecule has 0 saturated heterocycles. The molecule has 0 radical (unpaired) electrons. The van der Waals surface area contributed by atoms with Crippen LogP contribution >= 0.6 is 0 Å². The molecular formula is C15H18O2. The summed E-state index contributed by atoms with van der Waals surface area (Å²) in [5, 5.41) is 8.95. The van der Waals surface area contributed by atoms with E-state index in [0.29, 0.717) is 11.7 Å². The fraction of sp³-hybridized carbons (Fsp3) is 0.333. The van der Waals surface area contributed by atoms with Gasteiger partial charge in [-0.05, 0) is 30.0 Å². The highest BCUT2D eigenvalue weighted by Gasteiger charge is 2.06. The van der Waals surface area contributed by atoms with Gasteiger partial charge < -0.3 is 9.52 Å². The van der Waals surface area contributed by atoms with E-state index < -0.39 is 0 Å². The lowest BCUT2D eigenvalue weighted by Crippen LogP contribution is -1.90. The number of rotatable bonds is 4. The van der Waals surface area contributed by atoms with Crippen molar-refractivity contribution in [3.63, 3.8) is 0 Å². The molecule has 0 aliphatic carbocycles. The van der Waals surface area contributed by atoms with Gasteiger partial charge in [0.05, 0.1) is 0 Å². The molecule has 90 valence electrons. The summed E-state index contributed by atoms with van der Waals surface area (Å²) < 4.78 is 5.50. The number of aliphatic hydroxyl groups excluding tert-OH is 1. The summed E-state index contributed by atoms with van der Waals surface area (Å²) in [6, 6.07) is 12.1. The minimum atomic E-state index is -0.0506. The molecule has 0 aliphatic rings. The Labute approximate surface area is 102 Å². The van der Waals surface area contributed by atoms with Crippen LogP contribution in [0.4, 0.5) is 0 Å². The Balaban J connectivity index is 2.22. The summed E-state index contributed by atoms with van der Waals surface area (Å²) >= 11 is 0. The van der Waals surface area contributed by atoms with Gasteiger partial charge in [0.15, 0.2) is 0 Å². The van der Waals surface area contributed by atoms with Crippen molar-refractivity contribution in [3.8, 4) is 11.3 Å². The lowest BCUT2D eigenvalue weighted by atomic mass is 9.97. The highest BCUT2D eigenvalue weighted by molar-refractivity contribution is 5.58. The lowest BCUT2D eigenvalue weighted by molar-refractivity contribution is 0.248. The van der Waals surface area contributed by atoms with Crippen LogP contribution < -0.4 is 0 Å². The zero-order valence-corrected chi connectivity index (χ0v) is 10.3. The van der Waals surface area contributed by atoms with E-state index in [-0.39, 0.29) is 6.61 Å². The predicted octanol–water partition coefficient (Wildman–Crippen LogP) is 3.95. The van der Waals surface area contributed by atoms with E-state index in [1.807, 2.05) is 6.07 Å². The van der Waals surface area contributed by atoms with E-state index in [9.17, 15) is 0 Å². The van der Waals surface area contributed by atoms with Gasteiger partial charge >= 0.3 is 0 Å². The molecule has 0 saturated carbocycles. The third-order valence-electron chi connectivity index (χ3n) is 3.19. The lowest BCUT2D eigenvalue weighted by Gasteiger charge is -2.08. The Morgan fingerprint density at radius 3 is 2.35 bits per heavy atom. The highest BCUT2D eigenvalue weighted by Crippen LogP contribution is 2.25. The first-order chi connectivity index (χ1) is 8.24. The van der Waals surface area contributed by atoms with E-state index in [4.69, 9.17) is 9.52 Å². The first-order valence-electron chi connectivity index (χ1n) is 6.04. The molecule has 0 amide bonds. The first kappa shape index (κ1) is 11.9. The minimum Gasteiger partial charge on any atom is -0.459 e. The fourth-order valence-electron chi connectivity index (χ4n) is 1.83. The summed E-state index contributed by atoms with van der Waals surface area (Å²) in [6.07, 6.45) is 1.15. The van der Waals surface area contributed by atoms with Crippen LogP contribution in [0, 0.1) is 0 Å². The number of furan rings is 1. The summed E-state index contributed by atoms with van der Waals surface area (Å²) in [4.78, 5) is 0. The van der Waals surface area contributed by atoms with Crippen LogP contribution in [0.5, 0.6) is 0 Å². The van der Waals surface area contributed by atoms with Crippen molar-refractivity contribution in [3.05, 3.63) is 47.7 Å². The zero-order valence-electron chi connectivity index (χ0n) is 10.3. The molecule has 1 aromatic carbocycles. The van der Waals surface area contributed by atoms with Crippen LogP contribution in [0.3, 0.4) is 0 Å². The van der Waals surface area contributed by atoms with Crippen LogP contribution in [0.15, 0.2) is 40.8 Å². The van der Waals surface area contributed by atoms with Gasteiger partial charge in [-0.25, -0.2) is 0 Å². The summed E-state index contributed by atoms with van der Waals surface area (Å²) in [6.45, 7) is 4.37. The van der Waals surface area contributed by atoms with Gasteiger partial charge in [0.2, 0.25) is 0 Å². The first-order valence-corrected chi connectivity index (χ1v) is 6.04. The van der Waals surface area contributed by atoms with Crippen molar-refractivity contribution in [2.24, 2.45) is 0 Å². The van der Waals surface area contributed by atoms with Crippen molar-refractivity contribution in [1.82, 2.24) is 0 Å². The summed E-state index contributed by atoms with van der Waals surface area (Å²) in [7, 11) is 0. The quantitative estimate of drug-likeness (QED) is 0.862. The van der Waals surface area contributed by atoms with Crippen molar-refractivity contribution >= 4 is 0 Å². The molecule has 0 spiro atoms. The molecule has 1 N–H and O–H groups in total. The molecule has 1 aromatic heterocycles. The predicted molar refractivity (Wildman–Crippen MR) is 68.8 cm³/mol. The molecule has 2 rings (SSSR count). The van der Waals surface area contributed by atoms with Crippen LogP contribution in [0.25, 0.3) is 11.3 Å².